The van der Waals surface area contributed by atoms with Crippen LogP contribution in [0.4, 0.5) is 0 Å². The van der Waals surface area contributed by atoms with Crippen LogP contribution in [0.1, 0.15) is 12.0 Å². The second-order valence-corrected chi connectivity index (χ2v) is 6.09. The monoisotopic (exact) mass is 297 g/mol. The minimum absolute atomic E-state index is 0.0420. The van der Waals surface area contributed by atoms with E-state index < -0.39 is 6.10 Å². The van der Waals surface area contributed by atoms with Gasteiger partial charge in [-0.25, -0.2) is 0 Å². The average molecular weight is 297 g/mol. The standard InChI is InChI=1S/C18H19NO3/c1-2-10-19-17(20)16(21-12-13-6-4-3-5-7-13)18(19)11-14-8-9-15(18)22-14/h2-9,14-16H,1,10-12H2/t14-,15+,16-,18-/m0/s1. The van der Waals surface area contributed by atoms with E-state index in [1.165, 1.54) is 0 Å². The maximum atomic E-state index is 12.5. The largest absolute Gasteiger partial charge is 0.364 e. The van der Waals surface area contributed by atoms with Crippen LogP contribution in [0.15, 0.2) is 55.1 Å². The zero-order chi connectivity index (χ0) is 15.2. The number of likely N-dealkylation sites (tertiary alicyclic amines) is 1. The van der Waals surface area contributed by atoms with Crippen molar-refractivity contribution in [2.75, 3.05) is 6.54 Å². The van der Waals surface area contributed by atoms with Crippen molar-refractivity contribution >= 4 is 5.91 Å². The van der Waals surface area contributed by atoms with Crippen molar-refractivity contribution in [1.29, 1.82) is 0 Å². The molecule has 4 rings (SSSR count). The van der Waals surface area contributed by atoms with Crippen LogP contribution >= 0.6 is 0 Å². The lowest BCUT2D eigenvalue weighted by atomic mass is 9.72. The molecule has 4 heteroatoms. The number of rotatable bonds is 5. The lowest BCUT2D eigenvalue weighted by molar-refractivity contribution is -0.200. The molecule has 3 aliphatic heterocycles. The normalized spacial score (nSPS) is 35.2. The van der Waals surface area contributed by atoms with Crippen LogP contribution in [-0.2, 0) is 20.9 Å². The summed E-state index contributed by atoms with van der Waals surface area (Å²) in [6.07, 6.45) is 6.35. The highest BCUT2D eigenvalue weighted by atomic mass is 16.5. The van der Waals surface area contributed by atoms with E-state index in [1.54, 1.807) is 6.08 Å². The van der Waals surface area contributed by atoms with Gasteiger partial charge < -0.3 is 14.4 Å². The molecule has 0 aliphatic carbocycles. The van der Waals surface area contributed by atoms with Gasteiger partial charge in [0.05, 0.1) is 12.7 Å². The van der Waals surface area contributed by atoms with E-state index in [9.17, 15) is 4.79 Å². The van der Waals surface area contributed by atoms with Crippen molar-refractivity contribution in [2.45, 2.75) is 36.9 Å². The molecular formula is C18H19NO3. The Morgan fingerprint density at radius 2 is 2.18 bits per heavy atom. The van der Waals surface area contributed by atoms with Crippen LogP contribution in [0.5, 0.6) is 0 Å². The molecule has 4 atom stereocenters. The number of nitrogens with zero attached hydrogens (tertiary/aromatic N) is 1. The predicted molar refractivity (Wildman–Crippen MR) is 82.1 cm³/mol. The molecule has 0 radical (unpaired) electrons. The van der Waals surface area contributed by atoms with E-state index in [0.29, 0.717) is 13.2 Å². The molecule has 2 fully saturated rings. The van der Waals surface area contributed by atoms with Crippen molar-refractivity contribution in [3.05, 3.63) is 60.7 Å². The van der Waals surface area contributed by atoms with Crippen molar-refractivity contribution in [1.82, 2.24) is 4.90 Å². The van der Waals surface area contributed by atoms with Gasteiger partial charge in [0.2, 0.25) is 0 Å². The summed E-state index contributed by atoms with van der Waals surface area (Å²) in [5, 5.41) is 0. The zero-order valence-corrected chi connectivity index (χ0v) is 12.4. The molecule has 0 aromatic heterocycles. The summed E-state index contributed by atoms with van der Waals surface area (Å²) in [6.45, 7) is 4.75. The molecule has 0 saturated carbocycles. The number of β-lactam (4-membered cyclic amide) rings is 1. The first-order valence-corrected chi connectivity index (χ1v) is 7.67. The molecule has 3 aliphatic rings. The fraction of sp³-hybridized carbons (Fsp3) is 0.389. The smallest absolute Gasteiger partial charge is 0.255 e. The van der Waals surface area contributed by atoms with Gasteiger partial charge in [-0.3, -0.25) is 4.79 Å². The number of hydrogen-bond donors (Lipinski definition) is 0. The molecule has 1 amide bonds. The molecule has 1 spiro atoms. The van der Waals surface area contributed by atoms with E-state index >= 15 is 0 Å². The minimum atomic E-state index is -0.424. The van der Waals surface area contributed by atoms with Gasteiger partial charge in [-0.1, -0.05) is 48.6 Å². The Bertz CT molecular complexity index is 626. The van der Waals surface area contributed by atoms with Crippen LogP contribution in [0.3, 0.4) is 0 Å². The Morgan fingerprint density at radius 1 is 1.36 bits per heavy atom. The first-order chi connectivity index (χ1) is 10.8. The van der Waals surface area contributed by atoms with Crippen molar-refractivity contribution in [2.24, 2.45) is 0 Å². The minimum Gasteiger partial charge on any atom is -0.364 e. The molecule has 1 aromatic carbocycles. The van der Waals surface area contributed by atoms with Crippen LogP contribution < -0.4 is 0 Å². The molecular weight excluding hydrogens is 278 g/mol. The third-order valence-electron chi connectivity index (χ3n) is 4.86. The highest BCUT2D eigenvalue weighted by Crippen LogP contribution is 2.50. The van der Waals surface area contributed by atoms with E-state index in [0.717, 1.165) is 12.0 Å². The number of carbonyl (C=O) groups is 1. The maximum absolute atomic E-state index is 12.5. The van der Waals surface area contributed by atoms with Crippen LogP contribution in [-0.4, -0.2) is 41.2 Å². The lowest BCUT2D eigenvalue weighted by Gasteiger charge is -2.56. The first kappa shape index (κ1) is 13.7. The van der Waals surface area contributed by atoms with Gasteiger partial charge in [-0.05, 0) is 5.56 Å². The molecule has 3 heterocycles. The number of ether oxygens (including phenoxy) is 2. The Hall–Kier alpha value is -1.91. The highest BCUT2D eigenvalue weighted by Gasteiger charge is 2.69. The van der Waals surface area contributed by atoms with Gasteiger partial charge >= 0.3 is 0 Å². The Kier molecular flexibility index (Phi) is 3.17. The summed E-state index contributed by atoms with van der Waals surface area (Å²) in [7, 11) is 0. The molecule has 1 aromatic rings. The van der Waals surface area contributed by atoms with E-state index in [4.69, 9.17) is 9.47 Å². The second-order valence-electron chi connectivity index (χ2n) is 6.09. The molecule has 0 N–H and O–H groups in total. The lowest BCUT2D eigenvalue weighted by Crippen LogP contribution is -2.78. The summed E-state index contributed by atoms with van der Waals surface area (Å²) in [5.41, 5.74) is 0.728. The van der Waals surface area contributed by atoms with Crippen molar-refractivity contribution in [3.63, 3.8) is 0 Å². The quantitative estimate of drug-likeness (QED) is 0.617. The van der Waals surface area contributed by atoms with Crippen LogP contribution in [0.25, 0.3) is 0 Å². The number of hydrogen-bond acceptors (Lipinski definition) is 3. The van der Waals surface area contributed by atoms with Gasteiger partial charge in [0, 0.05) is 13.0 Å². The van der Waals surface area contributed by atoms with Crippen LogP contribution in [0, 0.1) is 0 Å². The van der Waals surface area contributed by atoms with Crippen molar-refractivity contribution < 1.29 is 14.3 Å². The molecule has 2 saturated heterocycles. The molecule has 22 heavy (non-hydrogen) atoms. The fourth-order valence-electron chi connectivity index (χ4n) is 3.86. The Morgan fingerprint density at radius 3 is 2.82 bits per heavy atom. The van der Waals surface area contributed by atoms with Crippen LogP contribution in [0.2, 0.25) is 0 Å². The van der Waals surface area contributed by atoms with Gasteiger partial charge in [0.15, 0.2) is 6.10 Å². The summed E-state index contributed by atoms with van der Waals surface area (Å²) in [4.78, 5) is 14.3. The van der Waals surface area contributed by atoms with Crippen molar-refractivity contribution in [3.8, 4) is 0 Å². The number of amides is 1. The van der Waals surface area contributed by atoms with Gasteiger partial charge in [0.25, 0.3) is 5.91 Å². The Balaban J connectivity index is 1.55. The fourth-order valence-corrected chi connectivity index (χ4v) is 3.86. The SMILES string of the molecule is C=CCN1C(=O)[C@H](OCc2ccccc2)[C@@]12C[C@@H]1C=C[C@H]2O1. The molecule has 0 unspecified atom stereocenters. The third kappa shape index (κ3) is 1.81. The van der Waals surface area contributed by atoms with Gasteiger partial charge in [-0.2, -0.15) is 0 Å². The van der Waals surface area contributed by atoms with E-state index in [1.807, 2.05) is 35.2 Å². The summed E-state index contributed by atoms with van der Waals surface area (Å²) >= 11 is 0. The number of fused-ring (bicyclic) bond motifs is 3. The zero-order valence-electron chi connectivity index (χ0n) is 12.4. The molecule has 114 valence electrons. The average Bonchev–Trinajstić information content (AvgIpc) is 3.16. The van der Waals surface area contributed by atoms with E-state index in [2.05, 4.69) is 18.7 Å². The van der Waals surface area contributed by atoms with Gasteiger partial charge in [-0.15, -0.1) is 6.58 Å². The summed E-state index contributed by atoms with van der Waals surface area (Å²) in [5.74, 6) is 0.0420. The number of carbonyl (C=O) groups excluding carboxylic acids is 1. The second kappa shape index (κ2) is 5.07. The summed E-state index contributed by atoms with van der Waals surface area (Å²) in [6, 6.07) is 9.94. The van der Waals surface area contributed by atoms with E-state index in [-0.39, 0.29) is 23.7 Å². The number of benzene rings is 1. The maximum Gasteiger partial charge on any atom is 0.255 e. The molecule has 4 nitrogen and oxygen atoms in total. The topological polar surface area (TPSA) is 38.8 Å². The third-order valence-corrected chi connectivity index (χ3v) is 4.86. The molecule has 2 bridgehead atoms. The predicted octanol–water partition coefficient (Wildman–Crippen LogP) is 2.07. The highest BCUT2D eigenvalue weighted by molar-refractivity contribution is 5.91. The summed E-state index contributed by atoms with van der Waals surface area (Å²) < 4.78 is 11.9. The Labute approximate surface area is 130 Å². The first-order valence-electron chi connectivity index (χ1n) is 7.67. The van der Waals surface area contributed by atoms with Gasteiger partial charge in [0.1, 0.15) is 11.6 Å².